The first kappa shape index (κ1) is 12.0. The quantitative estimate of drug-likeness (QED) is 0.503. The molecule has 17 heavy (non-hydrogen) atoms. The molecule has 1 aliphatic rings. The summed E-state index contributed by atoms with van der Waals surface area (Å²) in [6.45, 7) is 1.40. The van der Waals surface area contributed by atoms with Crippen molar-refractivity contribution in [3.05, 3.63) is 32.6 Å². The van der Waals surface area contributed by atoms with Crippen molar-refractivity contribution in [1.29, 1.82) is 0 Å². The number of rotatable bonds is 2. The summed E-state index contributed by atoms with van der Waals surface area (Å²) in [6.07, 6.45) is -0.908. The molecule has 4 atom stereocenters. The van der Waals surface area contributed by atoms with E-state index in [1.54, 1.807) is 6.92 Å². The summed E-state index contributed by atoms with van der Waals surface area (Å²) >= 11 is 0. The lowest BCUT2D eigenvalue weighted by atomic mass is 9.95. The maximum atomic E-state index is 11.6. The van der Waals surface area contributed by atoms with E-state index in [1.807, 2.05) is 0 Å². The first-order valence-electron chi connectivity index (χ1n) is 5.31. The van der Waals surface area contributed by atoms with E-state index in [1.165, 1.54) is 6.20 Å². The second kappa shape index (κ2) is 4.44. The smallest absolute Gasteiger partial charge is 0.325 e. The molecule has 1 aliphatic heterocycles. The Morgan fingerprint density at radius 3 is 2.71 bits per heavy atom. The van der Waals surface area contributed by atoms with Gasteiger partial charge in [-0.3, -0.25) is 9.78 Å². The van der Waals surface area contributed by atoms with Gasteiger partial charge in [0.15, 0.2) is 0 Å². The van der Waals surface area contributed by atoms with Gasteiger partial charge in [0, 0.05) is 12.1 Å². The molecule has 0 aromatic carbocycles. The zero-order valence-corrected chi connectivity index (χ0v) is 9.21. The zero-order chi connectivity index (χ0) is 12.6. The molecule has 1 fully saturated rings. The molecule has 1 unspecified atom stereocenters. The summed E-state index contributed by atoms with van der Waals surface area (Å²) in [5, 5.41) is 18.8. The second-order valence-corrected chi connectivity index (χ2v) is 4.15. The maximum Gasteiger partial charge on any atom is 0.325 e. The number of ether oxygens (including phenoxy) is 1. The molecule has 7 heteroatoms. The fourth-order valence-electron chi connectivity index (χ4n) is 2.05. The molecular formula is C10H14N2O5. The summed E-state index contributed by atoms with van der Waals surface area (Å²) in [5.41, 5.74) is -0.896. The average molecular weight is 242 g/mol. The van der Waals surface area contributed by atoms with Crippen molar-refractivity contribution in [3.8, 4) is 0 Å². The Kier molecular flexibility index (Phi) is 3.14. The Hall–Kier alpha value is -1.44. The Morgan fingerprint density at radius 2 is 2.18 bits per heavy atom. The third-order valence-electron chi connectivity index (χ3n) is 3.05. The largest absolute Gasteiger partial charge is 0.394 e. The van der Waals surface area contributed by atoms with E-state index < -0.39 is 29.6 Å². The topological polar surface area (TPSA) is 115 Å². The van der Waals surface area contributed by atoms with Crippen LogP contribution in [0.1, 0.15) is 18.6 Å². The summed E-state index contributed by atoms with van der Waals surface area (Å²) in [7, 11) is 0. The normalized spacial score (nSPS) is 32.9. The van der Waals surface area contributed by atoms with Crippen LogP contribution in [0.5, 0.6) is 0 Å². The average Bonchev–Trinajstić information content (AvgIpc) is 2.57. The van der Waals surface area contributed by atoms with Crippen molar-refractivity contribution in [2.45, 2.75) is 25.2 Å². The highest BCUT2D eigenvalue weighted by atomic mass is 16.5. The molecule has 0 radical (unpaired) electrons. The molecule has 1 aromatic rings. The molecule has 7 nitrogen and oxygen atoms in total. The zero-order valence-electron chi connectivity index (χ0n) is 9.21. The van der Waals surface area contributed by atoms with Gasteiger partial charge in [-0.05, 0) is 0 Å². The van der Waals surface area contributed by atoms with Crippen LogP contribution in [0.15, 0.2) is 15.8 Å². The number of nitrogens with one attached hydrogen (secondary N) is 2. The second-order valence-electron chi connectivity index (χ2n) is 4.15. The molecule has 1 saturated heterocycles. The van der Waals surface area contributed by atoms with Crippen molar-refractivity contribution >= 4 is 0 Å². The van der Waals surface area contributed by atoms with Gasteiger partial charge >= 0.3 is 5.69 Å². The van der Waals surface area contributed by atoms with Gasteiger partial charge in [-0.1, -0.05) is 6.92 Å². The Labute approximate surface area is 96.1 Å². The van der Waals surface area contributed by atoms with Gasteiger partial charge in [0.2, 0.25) is 0 Å². The van der Waals surface area contributed by atoms with E-state index in [4.69, 9.17) is 9.84 Å². The highest BCUT2D eigenvalue weighted by Gasteiger charge is 2.42. The molecule has 2 heterocycles. The van der Waals surface area contributed by atoms with Crippen LogP contribution < -0.4 is 11.2 Å². The van der Waals surface area contributed by atoms with Crippen LogP contribution in [0.3, 0.4) is 0 Å². The van der Waals surface area contributed by atoms with Crippen LogP contribution in [0.2, 0.25) is 0 Å². The van der Waals surface area contributed by atoms with Gasteiger partial charge in [-0.25, -0.2) is 4.79 Å². The van der Waals surface area contributed by atoms with E-state index >= 15 is 0 Å². The lowest BCUT2D eigenvalue weighted by Gasteiger charge is -2.14. The standard InChI is InChI=1S/C10H14N2O5/c1-4-7(14)6(3-13)17-8(4)5-2-11-10(16)12-9(5)15/h2,4,6-8,13-14H,3H2,1H3,(H2,11,12,15,16)/t4-,6+,7?,8+/m0/s1. The molecule has 4 N–H and O–H groups in total. The Balaban J connectivity index is 2.35. The van der Waals surface area contributed by atoms with Crippen LogP contribution in [0, 0.1) is 5.92 Å². The summed E-state index contributed by atoms with van der Waals surface area (Å²) in [4.78, 5) is 26.9. The lowest BCUT2D eigenvalue weighted by Crippen LogP contribution is -2.29. The van der Waals surface area contributed by atoms with E-state index in [0.717, 1.165) is 0 Å². The SMILES string of the molecule is C[C@H]1C(O)[C@@H](CO)O[C@H]1c1c[nH]c(=O)[nH]c1=O. The van der Waals surface area contributed by atoms with Gasteiger partial charge in [0.1, 0.15) is 6.10 Å². The van der Waals surface area contributed by atoms with E-state index in [-0.39, 0.29) is 18.1 Å². The van der Waals surface area contributed by atoms with Gasteiger partial charge < -0.3 is 19.9 Å². The van der Waals surface area contributed by atoms with Crippen molar-refractivity contribution < 1.29 is 14.9 Å². The molecule has 2 rings (SSSR count). The number of hydrogen-bond acceptors (Lipinski definition) is 5. The number of H-pyrrole nitrogens is 2. The van der Waals surface area contributed by atoms with Gasteiger partial charge in [0.25, 0.3) is 5.56 Å². The minimum atomic E-state index is -0.837. The number of aromatic nitrogens is 2. The van der Waals surface area contributed by atoms with Crippen molar-refractivity contribution in [2.24, 2.45) is 5.92 Å². The van der Waals surface area contributed by atoms with Crippen LogP contribution in [-0.2, 0) is 4.74 Å². The lowest BCUT2D eigenvalue weighted by molar-refractivity contribution is -0.0230. The molecule has 94 valence electrons. The Bertz CT molecular complexity index is 508. The highest BCUT2D eigenvalue weighted by Crippen LogP contribution is 2.36. The van der Waals surface area contributed by atoms with Gasteiger partial charge in [0.05, 0.1) is 24.4 Å². The predicted octanol–water partition coefficient (Wildman–Crippen LogP) is -1.51. The van der Waals surface area contributed by atoms with Gasteiger partial charge in [-0.2, -0.15) is 0 Å². The highest BCUT2D eigenvalue weighted by molar-refractivity contribution is 5.12. The van der Waals surface area contributed by atoms with Crippen molar-refractivity contribution in [2.75, 3.05) is 6.61 Å². The summed E-state index contributed by atoms with van der Waals surface area (Å²) in [6, 6.07) is 0. The molecular weight excluding hydrogens is 228 g/mol. The van der Waals surface area contributed by atoms with Crippen LogP contribution in [0.25, 0.3) is 0 Å². The Morgan fingerprint density at radius 1 is 1.47 bits per heavy atom. The minimum Gasteiger partial charge on any atom is -0.394 e. The fraction of sp³-hybridized carbons (Fsp3) is 0.600. The third kappa shape index (κ3) is 2.04. The van der Waals surface area contributed by atoms with Crippen LogP contribution in [0.4, 0.5) is 0 Å². The summed E-state index contributed by atoms with van der Waals surface area (Å²) < 4.78 is 5.40. The molecule has 0 spiro atoms. The number of hydrogen-bond donors (Lipinski definition) is 4. The van der Waals surface area contributed by atoms with E-state index in [2.05, 4.69) is 9.97 Å². The maximum absolute atomic E-state index is 11.6. The van der Waals surface area contributed by atoms with Crippen LogP contribution >= 0.6 is 0 Å². The monoisotopic (exact) mass is 242 g/mol. The number of aliphatic hydroxyl groups excluding tert-OH is 2. The molecule has 0 amide bonds. The number of aliphatic hydroxyl groups is 2. The fourth-order valence-corrected chi connectivity index (χ4v) is 2.05. The summed E-state index contributed by atoms with van der Waals surface area (Å²) in [5.74, 6) is -0.334. The first-order chi connectivity index (χ1) is 8.04. The first-order valence-corrected chi connectivity index (χ1v) is 5.31. The third-order valence-corrected chi connectivity index (χ3v) is 3.05. The number of aromatic amines is 2. The molecule has 0 aliphatic carbocycles. The van der Waals surface area contributed by atoms with E-state index in [0.29, 0.717) is 0 Å². The van der Waals surface area contributed by atoms with Crippen LogP contribution in [-0.4, -0.2) is 39.0 Å². The van der Waals surface area contributed by atoms with Gasteiger partial charge in [-0.15, -0.1) is 0 Å². The van der Waals surface area contributed by atoms with Crippen molar-refractivity contribution in [1.82, 2.24) is 9.97 Å². The minimum absolute atomic E-state index is 0.243. The molecule has 0 bridgehead atoms. The van der Waals surface area contributed by atoms with Crippen molar-refractivity contribution in [3.63, 3.8) is 0 Å². The molecule has 1 aromatic heterocycles. The predicted molar refractivity (Wildman–Crippen MR) is 57.6 cm³/mol. The van der Waals surface area contributed by atoms with E-state index in [9.17, 15) is 14.7 Å². The molecule has 0 saturated carbocycles.